The maximum Gasteiger partial charge on any atom is 0.0468 e. The maximum atomic E-state index is 5.22. The minimum Gasteiger partial charge on any atom is -0.385 e. The van der Waals surface area contributed by atoms with Crippen LogP contribution in [0.25, 0.3) is 0 Å². The Morgan fingerprint density at radius 1 is 1.22 bits per heavy atom. The van der Waals surface area contributed by atoms with Crippen molar-refractivity contribution < 1.29 is 4.74 Å². The maximum absolute atomic E-state index is 5.22. The van der Waals surface area contributed by atoms with E-state index in [2.05, 4.69) is 24.5 Å². The third-order valence-electron chi connectivity index (χ3n) is 5.27. The zero-order valence-electron chi connectivity index (χ0n) is 12.3. The van der Waals surface area contributed by atoms with Gasteiger partial charge >= 0.3 is 0 Å². The Hall–Kier alpha value is -0.120. The Morgan fingerprint density at radius 3 is 2.50 bits per heavy atom. The van der Waals surface area contributed by atoms with Crippen molar-refractivity contribution in [3.8, 4) is 0 Å². The molecule has 0 aromatic rings. The second kappa shape index (κ2) is 5.89. The van der Waals surface area contributed by atoms with Gasteiger partial charge in [0, 0.05) is 33.4 Å². The lowest BCUT2D eigenvalue weighted by molar-refractivity contribution is 0.164. The van der Waals surface area contributed by atoms with Crippen LogP contribution in [0.15, 0.2) is 0 Å². The Morgan fingerprint density at radius 2 is 2.00 bits per heavy atom. The van der Waals surface area contributed by atoms with E-state index >= 15 is 0 Å². The molecule has 0 aromatic carbocycles. The Balaban J connectivity index is 1.74. The van der Waals surface area contributed by atoms with Crippen LogP contribution in [-0.2, 0) is 4.74 Å². The van der Waals surface area contributed by atoms with Gasteiger partial charge in [-0.1, -0.05) is 13.8 Å². The lowest BCUT2D eigenvalue weighted by Crippen LogP contribution is -2.42. The fraction of sp³-hybridized carbons (Fsp3) is 1.00. The molecule has 2 fully saturated rings. The molecule has 1 saturated heterocycles. The summed E-state index contributed by atoms with van der Waals surface area (Å²) >= 11 is 0. The molecule has 0 radical (unpaired) electrons. The molecule has 0 spiro atoms. The summed E-state index contributed by atoms with van der Waals surface area (Å²) in [6.45, 7) is 10.4. The molecule has 18 heavy (non-hydrogen) atoms. The van der Waals surface area contributed by atoms with E-state index in [0.717, 1.165) is 12.5 Å². The van der Waals surface area contributed by atoms with E-state index in [1.807, 2.05) is 7.11 Å². The fourth-order valence-corrected chi connectivity index (χ4v) is 3.20. The van der Waals surface area contributed by atoms with Gasteiger partial charge in [-0.2, -0.15) is 0 Å². The number of nitrogens with one attached hydrogen (secondary N) is 2. The van der Waals surface area contributed by atoms with Crippen LogP contribution >= 0.6 is 0 Å². The molecule has 3 nitrogen and oxygen atoms in total. The van der Waals surface area contributed by atoms with Gasteiger partial charge in [0.2, 0.25) is 0 Å². The normalized spacial score (nSPS) is 30.0. The van der Waals surface area contributed by atoms with Crippen molar-refractivity contribution in [2.24, 2.45) is 16.7 Å². The van der Waals surface area contributed by atoms with Crippen LogP contribution in [0.1, 0.15) is 39.5 Å². The van der Waals surface area contributed by atoms with Gasteiger partial charge in [0.25, 0.3) is 0 Å². The standard InChI is InChI=1S/C15H30N2O/c1-13(2)15(6-8-16-11-15)12-17-10-14(4-5-14)7-9-18-3/h13,16-17H,4-12H2,1-3H3. The first-order chi connectivity index (χ1) is 8.63. The summed E-state index contributed by atoms with van der Waals surface area (Å²) in [5.74, 6) is 0.758. The highest BCUT2D eigenvalue weighted by atomic mass is 16.5. The summed E-state index contributed by atoms with van der Waals surface area (Å²) in [5, 5.41) is 7.30. The molecule has 1 aliphatic heterocycles. The summed E-state index contributed by atoms with van der Waals surface area (Å²) < 4.78 is 5.22. The van der Waals surface area contributed by atoms with Gasteiger partial charge in [-0.25, -0.2) is 0 Å². The van der Waals surface area contributed by atoms with Crippen molar-refractivity contribution in [1.82, 2.24) is 10.6 Å². The molecule has 2 N–H and O–H groups in total. The van der Waals surface area contributed by atoms with Crippen LogP contribution in [0, 0.1) is 16.7 Å². The topological polar surface area (TPSA) is 33.3 Å². The first-order valence-corrected chi connectivity index (χ1v) is 7.53. The van der Waals surface area contributed by atoms with Crippen molar-refractivity contribution in [3.63, 3.8) is 0 Å². The highest BCUT2D eigenvalue weighted by Gasteiger charge is 2.43. The van der Waals surface area contributed by atoms with Crippen molar-refractivity contribution in [2.45, 2.75) is 39.5 Å². The van der Waals surface area contributed by atoms with Crippen molar-refractivity contribution in [1.29, 1.82) is 0 Å². The summed E-state index contributed by atoms with van der Waals surface area (Å²) in [5.41, 5.74) is 1.05. The van der Waals surface area contributed by atoms with Crippen LogP contribution in [0.2, 0.25) is 0 Å². The zero-order valence-corrected chi connectivity index (χ0v) is 12.3. The average Bonchev–Trinajstić information content (AvgIpc) is 2.94. The van der Waals surface area contributed by atoms with Crippen LogP contribution in [0.5, 0.6) is 0 Å². The quantitative estimate of drug-likeness (QED) is 0.695. The van der Waals surface area contributed by atoms with Crippen molar-refractivity contribution in [3.05, 3.63) is 0 Å². The highest BCUT2D eigenvalue weighted by molar-refractivity contribution is 4.97. The monoisotopic (exact) mass is 254 g/mol. The van der Waals surface area contributed by atoms with Gasteiger partial charge in [0.1, 0.15) is 0 Å². The van der Waals surface area contributed by atoms with Gasteiger partial charge in [-0.3, -0.25) is 0 Å². The van der Waals surface area contributed by atoms with Crippen LogP contribution in [-0.4, -0.2) is 39.9 Å². The summed E-state index contributed by atoms with van der Waals surface area (Å²) in [7, 11) is 1.81. The first kappa shape index (κ1) is 14.3. The van der Waals surface area contributed by atoms with Crippen LogP contribution in [0.4, 0.5) is 0 Å². The molecule has 1 heterocycles. The molecule has 106 valence electrons. The Labute approximate surface area is 112 Å². The number of methoxy groups -OCH3 is 1. The first-order valence-electron chi connectivity index (χ1n) is 7.53. The summed E-state index contributed by atoms with van der Waals surface area (Å²) in [6.07, 6.45) is 5.32. The third kappa shape index (κ3) is 3.25. The molecular formula is C15H30N2O. The predicted octanol–water partition coefficient (Wildman–Crippen LogP) is 2.03. The van der Waals surface area contributed by atoms with Gasteiger partial charge < -0.3 is 15.4 Å². The number of rotatable bonds is 8. The average molecular weight is 254 g/mol. The minimum atomic E-state index is 0.483. The van der Waals surface area contributed by atoms with Gasteiger partial charge in [0.15, 0.2) is 0 Å². The molecule has 0 amide bonds. The second-order valence-corrected chi connectivity index (χ2v) is 6.79. The van der Waals surface area contributed by atoms with Gasteiger partial charge in [-0.15, -0.1) is 0 Å². The lowest BCUT2D eigenvalue weighted by Gasteiger charge is -2.33. The summed E-state index contributed by atoms with van der Waals surface area (Å²) in [4.78, 5) is 0. The Kier molecular flexibility index (Phi) is 4.68. The molecule has 2 rings (SSSR count). The lowest BCUT2D eigenvalue weighted by atomic mass is 9.76. The summed E-state index contributed by atoms with van der Waals surface area (Å²) in [6, 6.07) is 0. The second-order valence-electron chi connectivity index (χ2n) is 6.79. The minimum absolute atomic E-state index is 0.483. The van der Waals surface area contributed by atoms with E-state index in [1.54, 1.807) is 0 Å². The van der Waals surface area contributed by atoms with E-state index in [4.69, 9.17) is 4.74 Å². The van der Waals surface area contributed by atoms with Crippen molar-refractivity contribution in [2.75, 3.05) is 39.9 Å². The molecule has 0 aromatic heterocycles. The SMILES string of the molecule is COCCC1(CNCC2(C(C)C)CCNC2)CC1. The molecule has 0 bridgehead atoms. The van der Waals surface area contributed by atoms with E-state index in [0.29, 0.717) is 10.8 Å². The van der Waals surface area contributed by atoms with E-state index < -0.39 is 0 Å². The molecule has 1 saturated carbocycles. The van der Waals surface area contributed by atoms with E-state index in [-0.39, 0.29) is 0 Å². The molecular weight excluding hydrogens is 224 g/mol. The number of hydrogen-bond donors (Lipinski definition) is 2. The van der Waals surface area contributed by atoms with Gasteiger partial charge in [0.05, 0.1) is 0 Å². The fourth-order valence-electron chi connectivity index (χ4n) is 3.20. The molecule has 1 unspecified atom stereocenters. The van der Waals surface area contributed by atoms with E-state index in [9.17, 15) is 0 Å². The van der Waals surface area contributed by atoms with Crippen LogP contribution in [0.3, 0.4) is 0 Å². The smallest absolute Gasteiger partial charge is 0.0468 e. The molecule has 3 heteroatoms. The number of ether oxygens (including phenoxy) is 1. The molecule has 2 aliphatic rings. The highest BCUT2D eigenvalue weighted by Crippen LogP contribution is 2.48. The third-order valence-corrected chi connectivity index (χ3v) is 5.27. The molecule has 1 aliphatic carbocycles. The number of hydrogen-bond acceptors (Lipinski definition) is 3. The van der Waals surface area contributed by atoms with Crippen LogP contribution < -0.4 is 10.6 Å². The van der Waals surface area contributed by atoms with Gasteiger partial charge in [-0.05, 0) is 49.0 Å². The van der Waals surface area contributed by atoms with Crippen molar-refractivity contribution >= 4 is 0 Å². The predicted molar refractivity (Wildman–Crippen MR) is 75.8 cm³/mol. The molecule has 1 atom stereocenters. The Bertz CT molecular complexity index is 255. The van der Waals surface area contributed by atoms with E-state index in [1.165, 1.54) is 51.9 Å². The largest absolute Gasteiger partial charge is 0.385 e. The zero-order chi connectivity index (χ0) is 13.1.